The van der Waals surface area contributed by atoms with Gasteiger partial charge in [-0.3, -0.25) is 0 Å². The maximum Gasteiger partial charge on any atom is 0.221 e. The minimum atomic E-state index is 0.203. The zero-order chi connectivity index (χ0) is 13.8. The third-order valence-electron chi connectivity index (χ3n) is 2.56. The van der Waals surface area contributed by atoms with Crippen LogP contribution in [-0.4, -0.2) is 22.2 Å². The molecule has 0 amide bonds. The molecule has 0 aliphatic rings. The molecule has 0 saturated carbocycles. The molecule has 0 aliphatic heterocycles. The lowest BCUT2D eigenvalue weighted by molar-refractivity contribution is 0.400. The smallest absolute Gasteiger partial charge is 0.221 e. The van der Waals surface area contributed by atoms with E-state index in [1.54, 1.807) is 32.5 Å². The molecular weight excluding hydrogens is 260 g/mol. The molecule has 0 unspecified atom stereocenters. The summed E-state index contributed by atoms with van der Waals surface area (Å²) < 4.78 is 5.23. The Balaban J connectivity index is 2.47. The lowest BCUT2D eigenvalue weighted by Gasteiger charge is -2.03. The summed E-state index contributed by atoms with van der Waals surface area (Å²) in [5, 5.41) is 10.3. The van der Waals surface area contributed by atoms with Crippen LogP contribution in [-0.2, 0) is 0 Å². The molecular formula is C14H14N2O2S. The van der Waals surface area contributed by atoms with E-state index in [2.05, 4.69) is 16.5 Å². The molecule has 0 bridgehead atoms. The third kappa shape index (κ3) is 2.66. The molecule has 98 valence electrons. The lowest BCUT2D eigenvalue weighted by atomic mass is 10.2. The number of aromatic nitrogens is 2. The van der Waals surface area contributed by atoms with Gasteiger partial charge in [0.15, 0.2) is 0 Å². The summed E-state index contributed by atoms with van der Waals surface area (Å²) in [6, 6.07) is 3.77. The summed E-state index contributed by atoms with van der Waals surface area (Å²) >= 11 is 1.46. The molecule has 1 N–H and O–H groups in total. The van der Waals surface area contributed by atoms with Crippen LogP contribution < -0.4 is 4.74 Å². The second kappa shape index (κ2) is 5.67. The molecule has 0 aliphatic carbocycles. The maximum atomic E-state index is 9.58. The van der Waals surface area contributed by atoms with Gasteiger partial charge in [0.1, 0.15) is 5.01 Å². The molecule has 0 atom stereocenters. The Morgan fingerprint density at radius 3 is 2.89 bits per heavy atom. The van der Waals surface area contributed by atoms with Gasteiger partial charge in [0.25, 0.3) is 0 Å². The molecule has 2 rings (SSSR count). The Kier molecular flexibility index (Phi) is 3.97. The van der Waals surface area contributed by atoms with Gasteiger partial charge in [-0.25, -0.2) is 9.97 Å². The van der Waals surface area contributed by atoms with Crippen molar-refractivity contribution < 1.29 is 9.84 Å². The molecule has 0 radical (unpaired) electrons. The van der Waals surface area contributed by atoms with Crippen molar-refractivity contribution in [3.05, 3.63) is 47.9 Å². The number of ether oxygens (including phenoxy) is 1. The van der Waals surface area contributed by atoms with Crippen molar-refractivity contribution in [1.29, 1.82) is 0 Å². The van der Waals surface area contributed by atoms with E-state index < -0.39 is 0 Å². The first kappa shape index (κ1) is 13.3. The largest absolute Gasteiger partial charge is 0.512 e. The molecule has 0 fully saturated rings. The number of aliphatic hydroxyl groups is 1. The number of hydrogen-bond donors (Lipinski definition) is 1. The highest BCUT2D eigenvalue weighted by Gasteiger charge is 2.12. The van der Waals surface area contributed by atoms with Crippen molar-refractivity contribution in [2.24, 2.45) is 0 Å². The Bertz CT molecular complexity index is 628. The number of nitrogens with zero attached hydrogens (tertiary/aromatic N) is 2. The minimum absolute atomic E-state index is 0.203. The van der Waals surface area contributed by atoms with E-state index >= 15 is 0 Å². The summed E-state index contributed by atoms with van der Waals surface area (Å²) in [5.74, 6) is 0.761. The van der Waals surface area contributed by atoms with E-state index in [4.69, 9.17) is 4.74 Å². The summed E-state index contributed by atoms with van der Waals surface area (Å²) in [6.07, 6.45) is 5.02. The molecule has 0 spiro atoms. The zero-order valence-corrected chi connectivity index (χ0v) is 11.6. The highest BCUT2D eigenvalue weighted by Crippen LogP contribution is 2.34. The van der Waals surface area contributed by atoms with Crippen molar-refractivity contribution in [2.75, 3.05) is 7.11 Å². The SMILES string of the molecule is C=C/C(=C(\C)O)c1ncc(-c2cccnc2OC)s1. The molecule has 2 heterocycles. The van der Waals surface area contributed by atoms with Gasteiger partial charge in [0.2, 0.25) is 5.88 Å². The number of rotatable bonds is 4. The molecule has 0 aromatic carbocycles. The summed E-state index contributed by atoms with van der Waals surface area (Å²) in [7, 11) is 1.58. The standard InChI is InChI=1S/C14H14N2O2S/c1-4-10(9(2)17)14-16-8-12(19-14)11-6-5-7-15-13(11)18-3/h4-8,17H,1H2,2-3H3/b10-9-. The fourth-order valence-electron chi connectivity index (χ4n) is 1.65. The van der Waals surface area contributed by atoms with Gasteiger partial charge >= 0.3 is 0 Å². The van der Waals surface area contributed by atoms with Crippen molar-refractivity contribution in [3.8, 4) is 16.3 Å². The van der Waals surface area contributed by atoms with Crippen LogP contribution >= 0.6 is 11.3 Å². The van der Waals surface area contributed by atoms with Crippen LogP contribution in [0.25, 0.3) is 16.0 Å². The first-order chi connectivity index (χ1) is 9.17. The van der Waals surface area contributed by atoms with Crippen LogP contribution in [0.1, 0.15) is 11.9 Å². The van der Waals surface area contributed by atoms with Gasteiger partial charge < -0.3 is 9.84 Å². The fraction of sp³-hybridized carbons (Fsp3) is 0.143. The number of allylic oxidation sites excluding steroid dienone is 3. The summed E-state index contributed by atoms with van der Waals surface area (Å²) in [6.45, 7) is 5.30. The highest BCUT2D eigenvalue weighted by atomic mass is 32.1. The third-order valence-corrected chi connectivity index (χ3v) is 3.62. The zero-order valence-electron chi connectivity index (χ0n) is 10.8. The number of thiazole rings is 1. The van der Waals surface area contributed by atoms with Gasteiger partial charge in [0, 0.05) is 18.0 Å². The molecule has 19 heavy (non-hydrogen) atoms. The molecule has 0 saturated heterocycles. The molecule has 5 heteroatoms. The van der Waals surface area contributed by atoms with Gasteiger partial charge in [-0.1, -0.05) is 12.7 Å². The van der Waals surface area contributed by atoms with Crippen molar-refractivity contribution in [1.82, 2.24) is 9.97 Å². The quantitative estimate of drug-likeness (QED) is 0.682. The fourth-order valence-corrected chi connectivity index (χ4v) is 2.68. The van der Waals surface area contributed by atoms with E-state index in [0.29, 0.717) is 11.5 Å². The van der Waals surface area contributed by atoms with Crippen LogP contribution in [0, 0.1) is 0 Å². The Labute approximate surface area is 115 Å². The van der Waals surface area contributed by atoms with Crippen molar-refractivity contribution in [2.45, 2.75) is 6.92 Å². The first-order valence-electron chi connectivity index (χ1n) is 5.65. The van der Waals surface area contributed by atoms with Gasteiger partial charge in [-0.2, -0.15) is 0 Å². The maximum absolute atomic E-state index is 9.58. The van der Waals surface area contributed by atoms with Crippen LogP contribution in [0.3, 0.4) is 0 Å². The normalized spacial score (nSPS) is 11.9. The second-order valence-corrected chi connectivity index (χ2v) is 4.82. The predicted molar refractivity (Wildman–Crippen MR) is 77.3 cm³/mol. The number of pyridine rings is 1. The van der Waals surface area contributed by atoms with Gasteiger partial charge in [-0.05, 0) is 19.1 Å². The Morgan fingerprint density at radius 2 is 2.26 bits per heavy atom. The summed E-state index contributed by atoms with van der Waals surface area (Å²) in [4.78, 5) is 9.40. The molecule has 2 aromatic rings. The van der Waals surface area contributed by atoms with Crippen LogP contribution in [0.2, 0.25) is 0 Å². The highest BCUT2D eigenvalue weighted by molar-refractivity contribution is 7.16. The van der Waals surface area contributed by atoms with Gasteiger partial charge in [0.05, 0.1) is 23.3 Å². The van der Waals surface area contributed by atoms with E-state index in [1.807, 2.05) is 12.1 Å². The lowest BCUT2D eigenvalue weighted by Crippen LogP contribution is -1.88. The average Bonchev–Trinajstić information content (AvgIpc) is 2.88. The van der Waals surface area contributed by atoms with Crippen molar-refractivity contribution in [3.63, 3.8) is 0 Å². The topological polar surface area (TPSA) is 55.2 Å². The van der Waals surface area contributed by atoms with Crippen LogP contribution in [0.15, 0.2) is 42.9 Å². The monoisotopic (exact) mass is 274 g/mol. The van der Waals surface area contributed by atoms with E-state index in [1.165, 1.54) is 11.3 Å². The van der Waals surface area contributed by atoms with E-state index in [0.717, 1.165) is 15.4 Å². The first-order valence-corrected chi connectivity index (χ1v) is 6.47. The predicted octanol–water partition coefficient (Wildman–Crippen LogP) is 3.69. The Hall–Kier alpha value is -2.14. The van der Waals surface area contributed by atoms with E-state index in [9.17, 15) is 5.11 Å². The summed E-state index contributed by atoms with van der Waals surface area (Å²) in [5.41, 5.74) is 1.52. The number of methoxy groups -OCH3 is 1. The number of hydrogen-bond acceptors (Lipinski definition) is 5. The minimum Gasteiger partial charge on any atom is -0.512 e. The Morgan fingerprint density at radius 1 is 1.47 bits per heavy atom. The second-order valence-electron chi connectivity index (χ2n) is 3.79. The van der Waals surface area contributed by atoms with Gasteiger partial charge in [-0.15, -0.1) is 11.3 Å². The van der Waals surface area contributed by atoms with Crippen molar-refractivity contribution >= 4 is 16.9 Å². The van der Waals surface area contributed by atoms with Crippen LogP contribution in [0.5, 0.6) is 5.88 Å². The molecule has 2 aromatic heterocycles. The number of aliphatic hydroxyl groups excluding tert-OH is 1. The average molecular weight is 274 g/mol. The molecule has 4 nitrogen and oxygen atoms in total. The van der Waals surface area contributed by atoms with Crippen LogP contribution in [0.4, 0.5) is 0 Å². The van der Waals surface area contributed by atoms with E-state index in [-0.39, 0.29) is 5.76 Å².